The first-order valence-electron chi connectivity index (χ1n) is 9.44. The molecule has 1 aliphatic rings. The van der Waals surface area contributed by atoms with E-state index in [0.717, 1.165) is 55.5 Å². The van der Waals surface area contributed by atoms with Gasteiger partial charge in [-0.05, 0) is 25.1 Å². The highest BCUT2D eigenvalue weighted by Gasteiger charge is 2.19. The summed E-state index contributed by atoms with van der Waals surface area (Å²) < 4.78 is 1.54. The molecule has 8 nitrogen and oxygen atoms in total. The number of aromatic nitrogens is 5. The summed E-state index contributed by atoms with van der Waals surface area (Å²) >= 11 is 0. The largest absolute Gasteiger partial charge is 0.353 e. The molecule has 144 valence electrons. The van der Waals surface area contributed by atoms with Crippen molar-refractivity contribution in [1.29, 1.82) is 0 Å². The molecule has 4 heterocycles. The summed E-state index contributed by atoms with van der Waals surface area (Å²) in [5.41, 5.74) is 2.54. The number of aryl methyl sites for hydroxylation is 1. The van der Waals surface area contributed by atoms with Gasteiger partial charge in [-0.2, -0.15) is 5.10 Å². The molecule has 0 unspecified atom stereocenters. The van der Waals surface area contributed by atoms with Crippen LogP contribution in [0.25, 0.3) is 11.3 Å². The molecule has 0 aliphatic carbocycles. The van der Waals surface area contributed by atoms with Crippen LogP contribution in [0.1, 0.15) is 5.69 Å². The van der Waals surface area contributed by atoms with Crippen LogP contribution in [0, 0.1) is 6.92 Å². The molecule has 0 bridgehead atoms. The van der Waals surface area contributed by atoms with Crippen LogP contribution >= 0.6 is 0 Å². The molecule has 0 radical (unpaired) electrons. The van der Waals surface area contributed by atoms with Crippen LogP contribution in [0.2, 0.25) is 0 Å². The predicted molar refractivity (Wildman–Crippen MR) is 107 cm³/mol. The molecule has 1 fully saturated rings. The Bertz CT molecular complexity index is 981. The van der Waals surface area contributed by atoms with Gasteiger partial charge in [0, 0.05) is 69.1 Å². The molecule has 0 aromatic carbocycles. The molecule has 0 atom stereocenters. The second-order valence-corrected chi connectivity index (χ2v) is 6.82. The number of nitrogens with zero attached hydrogens (tertiary/aromatic N) is 7. The van der Waals surface area contributed by atoms with E-state index >= 15 is 0 Å². The minimum Gasteiger partial charge on any atom is -0.353 e. The van der Waals surface area contributed by atoms with Gasteiger partial charge in [0.05, 0.1) is 17.9 Å². The van der Waals surface area contributed by atoms with Crippen molar-refractivity contribution in [3.63, 3.8) is 0 Å². The zero-order chi connectivity index (χ0) is 19.3. The number of hydrogen-bond acceptors (Lipinski definition) is 7. The molecule has 4 rings (SSSR count). The van der Waals surface area contributed by atoms with Crippen molar-refractivity contribution in [2.75, 3.05) is 37.6 Å². The summed E-state index contributed by atoms with van der Waals surface area (Å²) in [5, 5.41) is 4.51. The topological polar surface area (TPSA) is 80.0 Å². The Balaban J connectivity index is 1.37. The van der Waals surface area contributed by atoms with Crippen LogP contribution < -0.4 is 10.5 Å². The molecule has 1 aliphatic heterocycles. The lowest BCUT2D eigenvalue weighted by Gasteiger charge is -2.35. The third-order valence-electron chi connectivity index (χ3n) is 4.98. The number of hydrogen-bond donors (Lipinski definition) is 0. The summed E-state index contributed by atoms with van der Waals surface area (Å²) in [6.45, 7) is 6.99. The van der Waals surface area contributed by atoms with Crippen molar-refractivity contribution in [3.8, 4) is 11.3 Å². The molecule has 0 saturated carbocycles. The summed E-state index contributed by atoms with van der Waals surface area (Å²) in [4.78, 5) is 29.7. The van der Waals surface area contributed by atoms with Gasteiger partial charge in [0.25, 0.3) is 5.56 Å². The normalized spacial score (nSPS) is 15.0. The first kappa shape index (κ1) is 18.2. The fourth-order valence-corrected chi connectivity index (χ4v) is 3.41. The van der Waals surface area contributed by atoms with Gasteiger partial charge in [-0.3, -0.25) is 19.7 Å². The average molecular weight is 377 g/mol. The molecule has 1 saturated heterocycles. The van der Waals surface area contributed by atoms with Crippen LogP contribution in [0.5, 0.6) is 0 Å². The van der Waals surface area contributed by atoms with Gasteiger partial charge in [0.15, 0.2) is 0 Å². The van der Waals surface area contributed by atoms with Gasteiger partial charge in [-0.1, -0.05) is 0 Å². The van der Waals surface area contributed by atoms with E-state index in [9.17, 15) is 4.79 Å². The van der Waals surface area contributed by atoms with Crippen molar-refractivity contribution in [2.45, 2.75) is 13.5 Å². The Morgan fingerprint density at radius 3 is 2.54 bits per heavy atom. The SMILES string of the molecule is Cc1nccnc1N1CCN(CCn2nc(-c3cccnc3)ccc2=O)CC1. The molecule has 0 N–H and O–H groups in total. The lowest BCUT2D eigenvalue weighted by atomic mass is 10.2. The molecule has 8 heteroatoms. The van der Waals surface area contributed by atoms with E-state index in [1.807, 2.05) is 19.1 Å². The third kappa shape index (κ3) is 4.07. The third-order valence-corrected chi connectivity index (χ3v) is 4.98. The summed E-state index contributed by atoms with van der Waals surface area (Å²) in [7, 11) is 0. The number of rotatable bonds is 5. The van der Waals surface area contributed by atoms with Crippen LogP contribution in [0.15, 0.2) is 53.8 Å². The number of anilines is 1. The van der Waals surface area contributed by atoms with E-state index in [0.29, 0.717) is 6.54 Å². The van der Waals surface area contributed by atoms with Crippen molar-refractivity contribution in [1.82, 2.24) is 29.6 Å². The quantitative estimate of drug-likeness (QED) is 0.661. The van der Waals surface area contributed by atoms with Gasteiger partial charge in [0.2, 0.25) is 0 Å². The number of pyridine rings is 1. The molecule has 28 heavy (non-hydrogen) atoms. The van der Waals surface area contributed by atoms with Gasteiger partial charge in [-0.15, -0.1) is 0 Å². The molecular formula is C20H23N7O. The summed E-state index contributed by atoms with van der Waals surface area (Å²) in [6.07, 6.45) is 6.94. The monoisotopic (exact) mass is 377 g/mol. The van der Waals surface area contributed by atoms with E-state index in [-0.39, 0.29) is 5.56 Å². The maximum atomic E-state index is 12.2. The number of piperazine rings is 1. The molecular weight excluding hydrogens is 354 g/mol. The van der Waals surface area contributed by atoms with Crippen LogP contribution in [-0.2, 0) is 6.54 Å². The van der Waals surface area contributed by atoms with Gasteiger partial charge in [-0.25, -0.2) is 9.67 Å². The van der Waals surface area contributed by atoms with Gasteiger partial charge in [0.1, 0.15) is 5.82 Å². The summed E-state index contributed by atoms with van der Waals surface area (Å²) in [5.74, 6) is 0.962. The average Bonchev–Trinajstić information content (AvgIpc) is 2.75. The van der Waals surface area contributed by atoms with Crippen molar-refractivity contribution in [2.24, 2.45) is 0 Å². The van der Waals surface area contributed by atoms with Gasteiger partial charge >= 0.3 is 0 Å². The highest BCUT2D eigenvalue weighted by atomic mass is 16.1. The first-order valence-corrected chi connectivity index (χ1v) is 9.44. The Morgan fingerprint density at radius 2 is 1.79 bits per heavy atom. The zero-order valence-electron chi connectivity index (χ0n) is 15.9. The highest BCUT2D eigenvalue weighted by molar-refractivity contribution is 5.56. The molecule has 0 spiro atoms. The Morgan fingerprint density at radius 1 is 0.964 bits per heavy atom. The Hall–Kier alpha value is -3.13. The second-order valence-electron chi connectivity index (χ2n) is 6.82. The van der Waals surface area contributed by atoms with E-state index in [1.165, 1.54) is 0 Å². The van der Waals surface area contributed by atoms with Crippen molar-refractivity contribution >= 4 is 5.82 Å². The standard InChI is InChI=1S/C20H23N7O/c1-16-20(23-8-7-22-16)26-12-9-25(10-13-26)11-14-27-19(28)5-4-18(24-27)17-3-2-6-21-15-17/h2-8,15H,9-14H2,1H3. The van der Waals surface area contributed by atoms with E-state index in [1.54, 1.807) is 41.6 Å². The minimum absolute atomic E-state index is 0.0820. The van der Waals surface area contributed by atoms with E-state index < -0.39 is 0 Å². The Kier molecular flexibility index (Phi) is 5.38. The predicted octanol–water partition coefficient (Wildman–Crippen LogP) is 1.23. The lowest BCUT2D eigenvalue weighted by Crippen LogP contribution is -2.48. The molecule has 3 aromatic rings. The van der Waals surface area contributed by atoms with Crippen molar-refractivity contribution in [3.05, 3.63) is 65.1 Å². The lowest BCUT2D eigenvalue weighted by molar-refractivity contribution is 0.242. The molecule has 3 aromatic heterocycles. The van der Waals surface area contributed by atoms with E-state index in [4.69, 9.17) is 0 Å². The van der Waals surface area contributed by atoms with Crippen LogP contribution in [0.4, 0.5) is 5.82 Å². The van der Waals surface area contributed by atoms with Crippen LogP contribution in [-0.4, -0.2) is 62.4 Å². The fraction of sp³-hybridized carbons (Fsp3) is 0.350. The van der Waals surface area contributed by atoms with Crippen LogP contribution in [0.3, 0.4) is 0 Å². The summed E-state index contributed by atoms with van der Waals surface area (Å²) in [6, 6.07) is 7.13. The smallest absolute Gasteiger partial charge is 0.266 e. The maximum absolute atomic E-state index is 12.2. The first-order chi connectivity index (χ1) is 13.7. The van der Waals surface area contributed by atoms with E-state index in [2.05, 4.69) is 29.9 Å². The Labute approximate surface area is 163 Å². The molecule has 0 amide bonds. The fourth-order valence-electron chi connectivity index (χ4n) is 3.41. The minimum atomic E-state index is -0.0820. The van der Waals surface area contributed by atoms with Crippen molar-refractivity contribution < 1.29 is 0 Å². The highest BCUT2D eigenvalue weighted by Crippen LogP contribution is 2.16. The zero-order valence-corrected chi connectivity index (χ0v) is 15.9. The maximum Gasteiger partial charge on any atom is 0.266 e. The second kappa shape index (κ2) is 8.26. The van der Waals surface area contributed by atoms with Gasteiger partial charge < -0.3 is 4.90 Å².